The first-order chi connectivity index (χ1) is 9.83. The zero-order valence-electron chi connectivity index (χ0n) is 11.2. The Hall–Kier alpha value is -2.17. The highest BCUT2D eigenvalue weighted by Gasteiger charge is 2.22. The summed E-state index contributed by atoms with van der Waals surface area (Å²) >= 11 is 0. The maximum absolute atomic E-state index is 12.1. The number of hydrogen-bond acceptors (Lipinski definition) is 4. The lowest BCUT2D eigenvalue weighted by Crippen LogP contribution is -2.24. The summed E-state index contributed by atoms with van der Waals surface area (Å²) in [6.07, 6.45) is 8.84. The van der Waals surface area contributed by atoms with Crippen LogP contribution in [-0.2, 0) is 4.79 Å². The van der Waals surface area contributed by atoms with E-state index in [2.05, 4.69) is 15.5 Å². The number of amides is 1. The van der Waals surface area contributed by atoms with Crippen LogP contribution in [0.2, 0.25) is 0 Å². The molecule has 0 aromatic carbocycles. The molecule has 5 nitrogen and oxygen atoms in total. The number of pyridine rings is 1. The number of hydrogen-bond donors (Lipinski definition) is 1. The first-order valence-electron chi connectivity index (χ1n) is 7.01. The Balaban J connectivity index is 1.66. The van der Waals surface area contributed by atoms with Crippen molar-refractivity contribution in [3.8, 4) is 11.3 Å². The van der Waals surface area contributed by atoms with Crippen LogP contribution in [0.1, 0.15) is 32.1 Å². The third kappa shape index (κ3) is 2.87. The fourth-order valence-electron chi connectivity index (χ4n) is 2.58. The molecule has 0 spiro atoms. The van der Waals surface area contributed by atoms with Crippen molar-refractivity contribution < 1.29 is 9.32 Å². The van der Waals surface area contributed by atoms with Crippen LogP contribution in [0.15, 0.2) is 35.1 Å². The van der Waals surface area contributed by atoms with Gasteiger partial charge < -0.3 is 4.52 Å². The van der Waals surface area contributed by atoms with Gasteiger partial charge in [0.25, 0.3) is 0 Å². The van der Waals surface area contributed by atoms with Crippen molar-refractivity contribution in [3.63, 3.8) is 0 Å². The summed E-state index contributed by atoms with van der Waals surface area (Å²) in [6, 6.07) is 5.45. The number of carbonyl (C=O) groups excluding carboxylic acids is 1. The summed E-state index contributed by atoms with van der Waals surface area (Å²) in [4.78, 5) is 16.1. The lowest BCUT2D eigenvalue weighted by Gasteiger charge is -2.19. The van der Waals surface area contributed by atoms with Crippen molar-refractivity contribution in [2.24, 2.45) is 5.92 Å². The molecule has 1 N–H and O–H groups in total. The number of aromatic nitrogens is 2. The molecule has 1 amide bonds. The molecule has 0 unspecified atom stereocenters. The van der Waals surface area contributed by atoms with Gasteiger partial charge in [0.05, 0.1) is 0 Å². The number of nitrogens with zero attached hydrogens (tertiary/aromatic N) is 2. The monoisotopic (exact) mass is 271 g/mol. The highest BCUT2D eigenvalue weighted by Crippen LogP contribution is 2.26. The van der Waals surface area contributed by atoms with Crippen molar-refractivity contribution in [3.05, 3.63) is 30.6 Å². The lowest BCUT2D eigenvalue weighted by molar-refractivity contribution is -0.120. The molecule has 2 aromatic heterocycles. The first-order valence-corrected chi connectivity index (χ1v) is 7.01. The molecule has 104 valence electrons. The minimum absolute atomic E-state index is 0.0436. The van der Waals surface area contributed by atoms with E-state index in [-0.39, 0.29) is 11.8 Å². The summed E-state index contributed by atoms with van der Waals surface area (Å²) in [5.74, 6) is 0.563. The lowest BCUT2D eigenvalue weighted by atomic mass is 9.89. The van der Waals surface area contributed by atoms with Gasteiger partial charge in [0, 0.05) is 29.9 Å². The molecule has 1 aliphatic carbocycles. The molecule has 1 saturated carbocycles. The molecule has 0 saturated heterocycles. The molecule has 1 fully saturated rings. The van der Waals surface area contributed by atoms with Gasteiger partial charge >= 0.3 is 0 Å². The maximum Gasteiger partial charge on any atom is 0.231 e. The normalized spacial score (nSPS) is 16.0. The highest BCUT2D eigenvalue weighted by molar-refractivity contribution is 5.91. The standard InChI is InChI=1S/C15H17N3O2/c19-15(12-4-2-1-3-5-12)17-14-10-13(18-20-14)11-6-8-16-9-7-11/h6-10,12H,1-5H2,(H,17,19). The fourth-order valence-corrected chi connectivity index (χ4v) is 2.58. The van der Waals surface area contributed by atoms with E-state index in [1.54, 1.807) is 18.5 Å². The van der Waals surface area contributed by atoms with E-state index in [1.807, 2.05) is 12.1 Å². The smallest absolute Gasteiger partial charge is 0.231 e. The molecule has 3 rings (SSSR count). The second-order valence-electron chi connectivity index (χ2n) is 5.14. The Bertz CT molecular complexity index is 574. The van der Waals surface area contributed by atoms with E-state index in [4.69, 9.17) is 4.52 Å². The van der Waals surface area contributed by atoms with Gasteiger partial charge in [-0.3, -0.25) is 15.1 Å². The second-order valence-corrected chi connectivity index (χ2v) is 5.14. The van der Waals surface area contributed by atoms with Crippen LogP contribution in [0, 0.1) is 5.92 Å². The molecule has 0 radical (unpaired) electrons. The largest absolute Gasteiger partial charge is 0.338 e. The highest BCUT2D eigenvalue weighted by atomic mass is 16.5. The van der Waals surface area contributed by atoms with Crippen molar-refractivity contribution in [1.82, 2.24) is 10.1 Å². The minimum atomic E-state index is 0.0436. The van der Waals surface area contributed by atoms with Crippen LogP contribution in [-0.4, -0.2) is 16.0 Å². The Morgan fingerprint density at radius 3 is 2.70 bits per heavy atom. The van der Waals surface area contributed by atoms with Gasteiger partial charge in [-0.05, 0) is 25.0 Å². The van der Waals surface area contributed by atoms with Crippen molar-refractivity contribution in [2.75, 3.05) is 5.32 Å². The number of rotatable bonds is 3. The Morgan fingerprint density at radius 2 is 1.95 bits per heavy atom. The van der Waals surface area contributed by atoms with Crippen molar-refractivity contribution >= 4 is 11.8 Å². The van der Waals surface area contributed by atoms with Gasteiger partial charge in [-0.25, -0.2) is 0 Å². The summed E-state index contributed by atoms with van der Waals surface area (Å²) in [5.41, 5.74) is 1.62. The minimum Gasteiger partial charge on any atom is -0.338 e. The van der Waals surface area contributed by atoms with E-state index in [0.29, 0.717) is 11.6 Å². The average molecular weight is 271 g/mol. The zero-order chi connectivity index (χ0) is 13.8. The van der Waals surface area contributed by atoms with E-state index in [9.17, 15) is 4.79 Å². The molecule has 2 heterocycles. The summed E-state index contributed by atoms with van der Waals surface area (Å²) < 4.78 is 5.18. The second kappa shape index (κ2) is 5.86. The van der Waals surface area contributed by atoms with Gasteiger partial charge in [-0.15, -0.1) is 0 Å². The predicted molar refractivity (Wildman–Crippen MR) is 74.9 cm³/mol. The predicted octanol–water partition coefficient (Wildman–Crippen LogP) is 3.26. The van der Waals surface area contributed by atoms with Gasteiger partial charge in [0.15, 0.2) is 0 Å². The first kappa shape index (κ1) is 12.8. The fraction of sp³-hybridized carbons (Fsp3) is 0.400. The topological polar surface area (TPSA) is 68.0 Å². The quantitative estimate of drug-likeness (QED) is 0.930. The van der Waals surface area contributed by atoms with Gasteiger partial charge in [0.2, 0.25) is 11.8 Å². The van der Waals surface area contributed by atoms with Crippen LogP contribution in [0.3, 0.4) is 0 Å². The van der Waals surface area contributed by atoms with Crippen molar-refractivity contribution in [1.29, 1.82) is 0 Å². The molecule has 0 bridgehead atoms. The molecular formula is C15H17N3O2. The van der Waals surface area contributed by atoms with Gasteiger partial charge in [-0.2, -0.15) is 0 Å². The van der Waals surface area contributed by atoms with E-state index in [0.717, 1.165) is 31.2 Å². The van der Waals surface area contributed by atoms with E-state index >= 15 is 0 Å². The SMILES string of the molecule is O=C(Nc1cc(-c2ccncc2)no1)C1CCCCC1. The van der Waals surface area contributed by atoms with Crippen LogP contribution in [0.4, 0.5) is 5.88 Å². The Morgan fingerprint density at radius 1 is 1.20 bits per heavy atom. The number of anilines is 1. The summed E-state index contributed by atoms with van der Waals surface area (Å²) in [7, 11) is 0. The molecule has 5 heteroatoms. The number of nitrogens with one attached hydrogen (secondary N) is 1. The average Bonchev–Trinajstić information content (AvgIpc) is 2.97. The third-order valence-electron chi connectivity index (χ3n) is 3.71. The molecule has 0 atom stereocenters. The summed E-state index contributed by atoms with van der Waals surface area (Å²) in [6.45, 7) is 0. The Kier molecular flexibility index (Phi) is 3.76. The number of carbonyl (C=O) groups is 1. The van der Waals surface area contributed by atoms with Crippen LogP contribution in [0.5, 0.6) is 0 Å². The van der Waals surface area contributed by atoms with Gasteiger partial charge in [0.1, 0.15) is 5.69 Å². The molecular weight excluding hydrogens is 254 g/mol. The zero-order valence-corrected chi connectivity index (χ0v) is 11.2. The van der Waals surface area contributed by atoms with Crippen LogP contribution < -0.4 is 5.32 Å². The maximum atomic E-state index is 12.1. The van der Waals surface area contributed by atoms with Crippen molar-refractivity contribution in [2.45, 2.75) is 32.1 Å². The van der Waals surface area contributed by atoms with Crippen LogP contribution in [0.25, 0.3) is 11.3 Å². The van der Waals surface area contributed by atoms with E-state index < -0.39 is 0 Å². The molecule has 20 heavy (non-hydrogen) atoms. The van der Waals surface area contributed by atoms with Gasteiger partial charge in [-0.1, -0.05) is 24.4 Å². The summed E-state index contributed by atoms with van der Waals surface area (Å²) in [5, 5.41) is 6.79. The van der Waals surface area contributed by atoms with E-state index in [1.165, 1.54) is 6.42 Å². The molecule has 0 aliphatic heterocycles. The third-order valence-corrected chi connectivity index (χ3v) is 3.71. The Labute approximate surface area is 117 Å². The molecule has 2 aromatic rings. The molecule has 1 aliphatic rings. The van der Waals surface area contributed by atoms with Crippen LogP contribution >= 0.6 is 0 Å².